The molecule has 2 N–H and O–H groups in total. The zero-order chi connectivity index (χ0) is 10.0. The number of nitrogens with zero attached hydrogens (tertiary/aromatic N) is 3. The smallest absolute Gasteiger partial charge is 0.360 e. The van der Waals surface area contributed by atoms with E-state index in [1.807, 2.05) is 0 Å². The summed E-state index contributed by atoms with van der Waals surface area (Å²) < 4.78 is 4.70. The third kappa shape index (κ3) is 1.59. The predicted molar refractivity (Wildman–Crippen MR) is 46.2 cm³/mol. The van der Waals surface area contributed by atoms with E-state index in [0.717, 1.165) is 0 Å². The Bertz CT molecular complexity index is 415. The average molecular weight is 180 g/mol. The molecule has 0 aliphatic heterocycles. The summed E-state index contributed by atoms with van der Waals surface area (Å²) >= 11 is 0. The molecule has 0 aromatic carbocycles. The van der Waals surface area contributed by atoms with Gasteiger partial charge in [-0.15, -0.1) is 0 Å². The van der Waals surface area contributed by atoms with E-state index < -0.39 is 5.63 Å². The van der Waals surface area contributed by atoms with Crippen LogP contribution >= 0.6 is 0 Å². The van der Waals surface area contributed by atoms with Gasteiger partial charge in [0.05, 0.1) is 0 Å². The Hall–Kier alpha value is -2.03. The van der Waals surface area contributed by atoms with E-state index in [9.17, 15) is 4.79 Å². The van der Waals surface area contributed by atoms with Crippen molar-refractivity contribution in [3.05, 3.63) is 16.0 Å². The van der Waals surface area contributed by atoms with E-state index >= 15 is 0 Å². The Morgan fingerprint density at radius 1 is 1.62 bits per heavy atom. The van der Waals surface area contributed by atoms with Gasteiger partial charge in [0.25, 0.3) is 0 Å². The van der Waals surface area contributed by atoms with Gasteiger partial charge in [0.15, 0.2) is 11.4 Å². The van der Waals surface area contributed by atoms with Gasteiger partial charge in [0.1, 0.15) is 6.07 Å². The maximum Gasteiger partial charge on any atom is 0.360 e. The van der Waals surface area contributed by atoms with Gasteiger partial charge in [0, 0.05) is 14.1 Å². The highest BCUT2D eigenvalue weighted by Gasteiger charge is 2.11. The van der Waals surface area contributed by atoms with Crippen LogP contribution in [0, 0.1) is 11.3 Å². The lowest BCUT2D eigenvalue weighted by molar-refractivity contribution is 0.492. The van der Waals surface area contributed by atoms with Crippen molar-refractivity contribution < 1.29 is 4.42 Å². The van der Waals surface area contributed by atoms with Crippen LogP contribution in [0.2, 0.25) is 0 Å². The van der Waals surface area contributed by atoms with E-state index in [2.05, 4.69) is 4.98 Å². The molecule has 0 fully saturated rings. The lowest BCUT2D eigenvalue weighted by Crippen LogP contribution is -2.17. The Kier molecular flexibility index (Phi) is 2.19. The van der Waals surface area contributed by atoms with Crippen LogP contribution in [0.15, 0.2) is 9.21 Å². The molecule has 13 heavy (non-hydrogen) atoms. The lowest BCUT2D eigenvalue weighted by atomic mass is 10.3. The molecule has 0 spiro atoms. The van der Waals surface area contributed by atoms with Crippen molar-refractivity contribution in [3.63, 3.8) is 0 Å². The first-order chi connectivity index (χ1) is 6.06. The van der Waals surface area contributed by atoms with E-state index in [-0.39, 0.29) is 17.4 Å². The number of rotatable bonds is 1. The fourth-order valence-corrected chi connectivity index (χ4v) is 0.714. The van der Waals surface area contributed by atoms with Crippen LogP contribution in [-0.2, 0) is 0 Å². The second kappa shape index (κ2) is 3.15. The van der Waals surface area contributed by atoms with Crippen LogP contribution in [0.5, 0.6) is 0 Å². The fraction of sp³-hybridized carbons (Fsp3) is 0.286. The highest BCUT2D eigenvalue weighted by atomic mass is 16.4. The highest BCUT2D eigenvalue weighted by Crippen LogP contribution is 2.08. The van der Waals surface area contributed by atoms with Gasteiger partial charge in [-0.05, 0) is 0 Å². The molecule has 1 heterocycles. The van der Waals surface area contributed by atoms with Gasteiger partial charge >= 0.3 is 11.6 Å². The third-order valence-electron chi connectivity index (χ3n) is 1.35. The molecule has 68 valence electrons. The highest BCUT2D eigenvalue weighted by molar-refractivity contribution is 5.48. The summed E-state index contributed by atoms with van der Waals surface area (Å²) in [6.45, 7) is 0. The van der Waals surface area contributed by atoms with E-state index in [4.69, 9.17) is 15.4 Å². The summed E-state index contributed by atoms with van der Waals surface area (Å²) in [5, 5.41) is 8.49. The summed E-state index contributed by atoms with van der Waals surface area (Å²) in [5.74, 6) is -0.109. The fourth-order valence-electron chi connectivity index (χ4n) is 0.714. The van der Waals surface area contributed by atoms with E-state index in [1.165, 1.54) is 4.90 Å². The van der Waals surface area contributed by atoms with Crippen LogP contribution < -0.4 is 16.3 Å². The number of aromatic nitrogens is 1. The van der Waals surface area contributed by atoms with Crippen molar-refractivity contribution in [2.45, 2.75) is 0 Å². The number of hydrogen-bond acceptors (Lipinski definition) is 6. The molecule has 6 heteroatoms. The predicted octanol–water partition coefficient (Wildman–Crippen LogP) is -0.445. The minimum Gasteiger partial charge on any atom is -0.388 e. The summed E-state index contributed by atoms with van der Waals surface area (Å²) in [4.78, 5) is 16.3. The molecule has 1 aromatic heterocycles. The Balaban J connectivity index is 3.40. The number of nitriles is 1. The van der Waals surface area contributed by atoms with Gasteiger partial charge in [-0.1, -0.05) is 0 Å². The molecule has 0 aliphatic carbocycles. The van der Waals surface area contributed by atoms with Gasteiger partial charge in [-0.2, -0.15) is 10.2 Å². The number of nitrogens with two attached hydrogens (primary N) is 1. The minimum absolute atomic E-state index is 0.0847. The average Bonchev–Trinajstić information content (AvgIpc) is 2.03. The minimum atomic E-state index is -0.765. The zero-order valence-corrected chi connectivity index (χ0v) is 7.24. The number of hydrogen-bond donors (Lipinski definition) is 1. The Morgan fingerprint density at radius 2 is 2.23 bits per heavy atom. The van der Waals surface area contributed by atoms with Crippen molar-refractivity contribution in [1.82, 2.24) is 4.98 Å². The zero-order valence-electron chi connectivity index (χ0n) is 7.24. The van der Waals surface area contributed by atoms with E-state index in [1.54, 1.807) is 20.2 Å². The summed E-state index contributed by atoms with van der Waals surface area (Å²) in [6.07, 6.45) is 0. The van der Waals surface area contributed by atoms with Crippen molar-refractivity contribution in [2.24, 2.45) is 0 Å². The normalized spacial score (nSPS) is 9.31. The van der Waals surface area contributed by atoms with Gasteiger partial charge in [-0.3, -0.25) is 0 Å². The topological polar surface area (TPSA) is 96.1 Å². The SMILES string of the molecule is CN(C)c1nc(N)c(C#N)c(=O)o1. The second-order valence-corrected chi connectivity index (χ2v) is 2.55. The molecule has 0 aliphatic rings. The monoisotopic (exact) mass is 180 g/mol. The largest absolute Gasteiger partial charge is 0.388 e. The molecule has 0 saturated heterocycles. The molecule has 6 nitrogen and oxygen atoms in total. The third-order valence-corrected chi connectivity index (χ3v) is 1.35. The van der Waals surface area contributed by atoms with E-state index in [0.29, 0.717) is 0 Å². The Labute approximate surface area is 74.2 Å². The molecular weight excluding hydrogens is 172 g/mol. The first-order valence-electron chi connectivity index (χ1n) is 3.44. The quantitative estimate of drug-likeness (QED) is 0.629. The summed E-state index contributed by atoms with van der Waals surface area (Å²) in [6, 6.07) is 1.70. The number of anilines is 2. The summed E-state index contributed by atoms with van der Waals surface area (Å²) in [5.41, 5.74) is 4.33. The first kappa shape index (κ1) is 9.06. The maximum absolute atomic E-state index is 11.1. The van der Waals surface area contributed by atoms with Crippen molar-refractivity contribution >= 4 is 11.8 Å². The molecule has 1 rings (SSSR count). The first-order valence-corrected chi connectivity index (χ1v) is 3.44. The van der Waals surface area contributed by atoms with Crippen LogP contribution in [-0.4, -0.2) is 19.1 Å². The molecule has 1 aromatic rings. The van der Waals surface area contributed by atoms with Crippen molar-refractivity contribution in [1.29, 1.82) is 5.26 Å². The molecule has 0 unspecified atom stereocenters. The van der Waals surface area contributed by atoms with Crippen molar-refractivity contribution in [3.8, 4) is 6.07 Å². The van der Waals surface area contributed by atoms with Crippen molar-refractivity contribution in [2.75, 3.05) is 24.7 Å². The number of nitrogen functional groups attached to an aromatic ring is 1. The molecule has 0 radical (unpaired) electrons. The maximum atomic E-state index is 11.1. The van der Waals surface area contributed by atoms with Crippen LogP contribution in [0.25, 0.3) is 0 Å². The van der Waals surface area contributed by atoms with Crippen LogP contribution in [0.1, 0.15) is 5.56 Å². The second-order valence-electron chi connectivity index (χ2n) is 2.55. The van der Waals surface area contributed by atoms with Gasteiger partial charge in [0.2, 0.25) is 0 Å². The van der Waals surface area contributed by atoms with Gasteiger partial charge in [-0.25, -0.2) is 4.79 Å². The standard InChI is InChI=1S/C7H8N4O2/c1-11(2)7-10-5(9)4(3-8)6(12)13-7/h9H2,1-2H3. The molecule has 0 saturated carbocycles. The summed E-state index contributed by atoms with van der Waals surface area (Å²) in [7, 11) is 3.30. The lowest BCUT2D eigenvalue weighted by Gasteiger charge is -2.08. The Morgan fingerprint density at radius 3 is 2.62 bits per heavy atom. The van der Waals surface area contributed by atoms with Gasteiger partial charge < -0.3 is 15.1 Å². The molecule has 0 amide bonds. The molecular formula is C7H8N4O2. The van der Waals surface area contributed by atoms with Crippen LogP contribution in [0.4, 0.5) is 11.8 Å². The van der Waals surface area contributed by atoms with Crippen LogP contribution in [0.3, 0.4) is 0 Å². The molecule has 0 atom stereocenters. The molecule has 0 bridgehead atoms.